The second-order valence-electron chi connectivity index (χ2n) is 9.47. The van der Waals surface area contributed by atoms with E-state index in [1.54, 1.807) is 12.1 Å². The van der Waals surface area contributed by atoms with E-state index in [1.807, 2.05) is 24.3 Å². The van der Waals surface area contributed by atoms with Crippen molar-refractivity contribution in [3.63, 3.8) is 0 Å². The zero-order valence-corrected chi connectivity index (χ0v) is 18.6. The van der Waals surface area contributed by atoms with Gasteiger partial charge in [0.15, 0.2) is 0 Å². The van der Waals surface area contributed by atoms with Crippen LogP contribution in [-0.4, -0.2) is 15.3 Å². The number of benzene rings is 2. The first kappa shape index (κ1) is 24.0. The number of aliphatic hydroxyl groups excluding tert-OH is 1. The maximum absolute atomic E-state index is 10.4. The molecule has 0 aliphatic rings. The highest BCUT2D eigenvalue weighted by Gasteiger charge is 2.26. The van der Waals surface area contributed by atoms with E-state index in [4.69, 9.17) is 5.11 Å². The van der Waals surface area contributed by atoms with Gasteiger partial charge in [-0.05, 0) is 70.2 Å². The van der Waals surface area contributed by atoms with Crippen molar-refractivity contribution in [2.45, 2.75) is 85.2 Å². The lowest BCUT2D eigenvalue weighted by molar-refractivity contribution is 0.281. The minimum absolute atomic E-state index is 0.00639. The molecule has 0 heterocycles. The smallest absolute Gasteiger partial charge is 0.123 e. The Balaban J connectivity index is 0.000000307. The fourth-order valence-electron chi connectivity index (χ4n) is 2.97. The Kier molecular flexibility index (Phi) is 8.56. The van der Waals surface area contributed by atoms with Gasteiger partial charge in [-0.2, -0.15) is 0 Å². The summed E-state index contributed by atoms with van der Waals surface area (Å²) in [6, 6.07) is 11.2. The van der Waals surface area contributed by atoms with Crippen molar-refractivity contribution in [3.8, 4) is 11.5 Å². The summed E-state index contributed by atoms with van der Waals surface area (Å²) in [6.45, 7) is 14.6. The molecule has 156 valence electrons. The molecule has 0 saturated heterocycles. The van der Waals surface area contributed by atoms with Gasteiger partial charge in [-0.15, -0.1) is 0 Å². The van der Waals surface area contributed by atoms with E-state index in [0.717, 1.165) is 23.1 Å². The molecule has 2 rings (SSSR count). The number of phenolic OH excluding ortho intramolecular Hbond substituents is 2. The van der Waals surface area contributed by atoms with E-state index in [1.165, 1.54) is 18.4 Å². The zero-order valence-electron chi connectivity index (χ0n) is 18.6. The van der Waals surface area contributed by atoms with Gasteiger partial charge in [-0.25, -0.2) is 0 Å². The van der Waals surface area contributed by atoms with Gasteiger partial charge in [0, 0.05) is 0 Å². The molecule has 0 amide bonds. The van der Waals surface area contributed by atoms with Crippen LogP contribution in [0.3, 0.4) is 0 Å². The van der Waals surface area contributed by atoms with Crippen LogP contribution in [0.15, 0.2) is 36.4 Å². The lowest BCUT2D eigenvalue weighted by Gasteiger charge is -2.28. The van der Waals surface area contributed by atoms with Gasteiger partial charge in [0.2, 0.25) is 0 Å². The Hall–Kier alpha value is -2.00. The van der Waals surface area contributed by atoms with Gasteiger partial charge in [-0.3, -0.25) is 0 Å². The summed E-state index contributed by atoms with van der Waals surface area (Å²) in [7, 11) is 0. The zero-order chi connectivity index (χ0) is 21.5. The molecule has 0 aliphatic carbocycles. The SMILES string of the molecule is CC(C)(C)c1cc(CO)cc(C(C)(C)C)c1O.CCCCc1ccc(O)cc1. The number of aromatic hydroxyl groups is 2. The lowest BCUT2D eigenvalue weighted by Crippen LogP contribution is -2.17. The Bertz CT molecular complexity index is 697. The predicted octanol–water partition coefficient (Wildman–Crippen LogP) is 6.21. The normalized spacial score (nSPS) is 11.7. The fourth-order valence-corrected chi connectivity index (χ4v) is 2.97. The molecule has 0 radical (unpaired) electrons. The molecule has 0 bridgehead atoms. The molecular formula is C25H38O3. The predicted molar refractivity (Wildman–Crippen MR) is 118 cm³/mol. The number of rotatable bonds is 4. The van der Waals surface area contributed by atoms with Gasteiger partial charge < -0.3 is 15.3 Å². The van der Waals surface area contributed by atoms with Crippen LogP contribution in [0.5, 0.6) is 11.5 Å². The van der Waals surface area contributed by atoms with Crippen molar-refractivity contribution >= 4 is 0 Å². The number of aryl methyl sites for hydroxylation is 1. The first-order valence-corrected chi connectivity index (χ1v) is 10.2. The maximum Gasteiger partial charge on any atom is 0.123 e. The van der Waals surface area contributed by atoms with E-state index in [0.29, 0.717) is 11.5 Å². The number of phenols is 2. The molecular weight excluding hydrogens is 348 g/mol. The van der Waals surface area contributed by atoms with Crippen LogP contribution in [-0.2, 0) is 23.9 Å². The van der Waals surface area contributed by atoms with E-state index < -0.39 is 0 Å². The van der Waals surface area contributed by atoms with E-state index >= 15 is 0 Å². The van der Waals surface area contributed by atoms with E-state index in [-0.39, 0.29) is 17.4 Å². The van der Waals surface area contributed by atoms with Gasteiger partial charge >= 0.3 is 0 Å². The third-order valence-electron chi connectivity index (χ3n) is 4.72. The van der Waals surface area contributed by atoms with Crippen LogP contribution in [0, 0.1) is 0 Å². The number of aliphatic hydroxyl groups is 1. The van der Waals surface area contributed by atoms with Crippen LogP contribution in [0.4, 0.5) is 0 Å². The molecule has 28 heavy (non-hydrogen) atoms. The van der Waals surface area contributed by atoms with Crippen molar-refractivity contribution < 1.29 is 15.3 Å². The van der Waals surface area contributed by atoms with Crippen LogP contribution < -0.4 is 0 Å². The summed E-state index contributed by atoms with van der Waals surface area (Å²) in [5, 5.41) is 28.7. The number of hydrogen-bond acceptors (Lipinski definition) is 3. The second kappa shape index (κ2) is 9.97. The summed E-state index contributed by atoms with van der Waals surface area (Å²) >= 11 is 0. The highest BCUT2D eigenvalue weighted by Crippen LogP contribution is 2.39. The molecule has 0 unspecified atom stereocenters. The van der Waals surface area contributed by atoms with E-state index in [9.17, 15) is 10.2 Å². The average Bonchev–Trinajstić information content (AvgIpc) is 2.60. The highest BCUT2D eigenvalue weighted by molar-refractivity contribution is 5.49. The Labute approximate surface area is 171 Å². The minimum atomic E-state index is -0.130. The molecule has 0 fully saturated rings. The van der Waals surface area contributed by atoms with Crippen LogP contribution in [0.1, 0.15) is 83.6 Å². The van der Waals surface area contributed by atoms with E-state index in [2.05, 4.69) is 48.5 Å². The van der Waals surface area contributed by atoms with Crippen LogP contribution >= 0.6 is 0 Å². The summed E-state index contributed by atoms with van der Waals surface area (Å²) in [5.74, 6) is 0.715. The van der Waals surface area contributed by atoms with Gasteiger partial charge in [0.05, 0.1) is 6.61 Å². The Morgan fingerprint density at radius 1 is 0.750 bits per heavy atom. The lowest BCUT2D eigenvalue weighted by atomic mass is 9.78. The molecule has 3 nitrogen and oxygen atoms in total. The Morgan fingerprint density at radius 3 is 1.57 bits per heavy atom. The number of hydrogen-bond donors (Lipinski definition) is 3. The molecule has 3 N–H and O–H groups in total. The van der Waals surface area contributed by atoms with Crippen molar-refractivity contribution in [2.75, 3.05) is 0 Å². The summed E-state index contributed by atoms with van der Waals surface area (Å²) in [5.41, 5.74) is 3.70. The Morgan fingerprint density at radius 2 is 1.21 bits per heavy atom. The van der Waals surface area contributed by atoms with Gasteiger partial charge in [0.25, 0.3) is 0 Å². The third-order valence-corrected chi connectivity index (χ3v) is 4.72. The van der Waals surface area contributed by atoms with Crippen molar-refractivity contribution in [1.29, 1.82) is 0 Å². The highest BCUT2D eigenvalue weighted by atomic mass is 16.3. The largest absolute Gasteiger partial charge is 0.508 e. The average molecular weight is 387 g/mol. The third kappa shape index (κ3) is 7.20. The van der Waals surface area contributed by atoms with Gasteiger partial charge in [0.1, 0.15) is 11.5 Å². The van der Waals surface area contributed by atoms with Crippen molar-refractivity contribution in [2.24, 2.45) is 0 Å². The molecule has 0 aliphatic heterocycles. The summed E-state index contributed by atoms with van der Waals surface area (Å²) in [6.07, 6.45) is 3.57. The minimum Gasteiger partial charge on any atom is -0.508 e. The molecule has 0 saturated carbocycles. The van der Waals surface area contributed by atoms with Crippen molar-refractivity contribution in [3.05, 3.63) is 58.7 Å². The van der Waals surface area contributed by atoms with Crippen molar-refractivity contribution in [1.82, 2.24) is 0 Å². The number of unbranched alkanes of at least 4 members (excludes halogenated alkanes) is 1. The van der Waals surface area contributed by atoms with Crippen LogP contribution in [0.25, 0.3) is 0 Å². The molecule has 0 atom stereocenters. The standard InChI is InChI=1S/C15H24O2.C10H14O/c1-14(2,3)11-7-10(9-16)8-12(13(11)17)15(4,5)6;1-2-3-4-9-5-7-10(11)8-6-9/h7-8,16-17H,9H2,1-6H3;5-8,11H,2-4H2,1H3. The first-order valence-electron chi connectivity index (χ1n) is 10.2. The molecule has 2 aromatic carbocycles. The molecule has 0 aromatic heterocycles. The maximum atomic E-state index is 10.4. The first-order chi connectivity index (χ1) is 12.9. The molecule has 2 aromatic rings. The molecule has 3 heteroatoms. The quantitative estimate of drug-likeness (QED) is 0.585. The van der Waals surface area contributed by atoms with Crippen LogP contribution in [0.2, 0.25) is 0 Å². The fraction of sp³-hybridized carbons (Fsp3) is 0.520. The molecule has 0 spiro atoms. The summed E-state index contributed by atoms with van der Waals surface area (Å²) < 4.78 is 0. The van der Waals surface area contributed by atoms with Gasteiger partial charge in [-0.1, -0.05) is 67.0 Å². The monoisotopic (exact) mass is 386 g/mol. The summed E-state index contributed by atoms with van der Waals surface area (Å²) in [4.78, 5) is 0. The second-order valence-corrected chi connectivity index (χ2v) is 9.47. The topological polar surface area (TPSA) is 60.7 Å².